The molecule has 4 nitrogen and oxygen atoms in total. The van der Waals surface area contributed by atoms with Crippen LogP contribution in [0.25, 0.3) is 0 Å². The van der Waals surface area contributed by atoms with E-state index in [-0.39, 0.29) is 0 Å². The molecular formula is C58H58Cl2N4. The van der Waals surface area contributed by atoms with Gasteiger partial charge in [0.05, 0.1) is 0 Å². The van der Waals surface area contributed by atoms with E-state index in [1.807, 2.05) is 60.7 Å². The Kier molecular flexibility index (Phi) is 14.8. The second-order valence-electron chi connectivity index (χ2n) is 16.7. The molecule has 16 aliphatic rings. The fourth-order valence-electron chi connectivity index (χ4n) is 8.08. The van der Waals surface area contributed by atoms with Crippen molar-refractivity contribution >= 4 is 68.7 Å². The lowest BCUT2D eigenvalue weighted by molar-refractivity contribution is 1.19. The summed E-state index contributed by atoms with van der Waals surface area (Å²) in [5.41, 5.74) is 24.4. The molecular weight excluding hydrogens is 824 g/mol. The summed E-state index contributed by atoms with van der Waals surface area (Å²) < 4.78 is 0. The lowest BCUT2D eigenvalue weighted by atomic mass is 9.95. The summed E-state index contributed by atoms with van der Waals surface area (Å²) >= 11 is 11.1. The van der Waals surface area contributed by atoms with Gasteiger partial charge in [-0.2, -0.15) is 0 Å². The average Bonchev–Trinajstić information content (AvgIpc) is 3.31. The van der Waals surface area contributed by atoms with Crippen LogP contribution in [0, 0.1) is 55.4 Å². The second kappa shape index (κ2) is 20.8. The minimum atomic E-state index is 0.794. The van der Waals surface area contributed by atoms with Crippen LogP contribution in [-0.2, 0) is 12.8 Å². The maximum Gasteiger partial charge on any atom is 0.0450 e. The van der Waals surface area contributed by atoms with Gasteiger partial charge in [-0.05, 0) is 208 Å². The number of halogens is 2. The van der Waals surface area contributed by atoms with Gasteiger partial charge >= 0.3 is 0 Å². The molecule has 0 unspecified atom stereocenters. The van der Waals surface area contributed by atoms with Gasteiger partial charge in [0.15, 0.2) is 0 Å². The quantitative estimate of drug-likeness (QED) is 0.123. The van der Waals surface area contributed by atoms with Crippen molar-refractivity contribution in [3.8, 4) is 0 Å². The Bertz CT molecular complexity index is 2400. The van der Waals surface area contributed by atoms with Crippen molar-refractivity contribution in [2.75, 3.05) is 21.3 Å². The van der Waals surface area contributed by atoms with Gasteiger partial charge in [-0.25, -0.2) is 0 Å². The van der Waals surface area contributed by atoms with Crippen molar-refractivity contribution < 1.29 is 0 Å². The largest absolute Gasteiger partial charge is 0.355 e. The van der Waals surface area contributed by atoms with Crippen molar-refractivity contribution in [2.45, 2.75) is 68.2 Å². The van der Waals surface area contributed by atoms with E-state index in [0.717, 1.165) is 45.6 Å². The molecule has 64 heavy (non-hydrogen) atoms. The van der Waals surface area contributed by atoms with Crippen molar-refractivity contribution in [2.24, 2.45) is 0 Å². The van der Waals surface area contributed by atoms with Crippen LogP contribution in [0.3, 0.4) is 0 Å². The Balaban J connectivity index is 0.000000371. The first-order valence-corrected chi connectivity index (χ1v) is 22.7. The Morgan fingerprint density at radius 2 is 0.453 bits per heavy atom. The van der Waals surface area contributed by atoms with Gasteiger partial charge in [0, 0.05) is 55.5 Å². The molecule has 0 saturated carbocycles. The highest BCUT2D eigenvalue weighted by molar-refractivity contribution is 6.30. The highest BCUT2D eigenvalue weighted by Gasteiger charge is 2.17. The molecule has 324 valence electrons. The molecule has 8 aromatic carbocycles. The molecule has 0 fully saturated rings. The van der Waals surface area contributed by atoms with Crippen LogP contribution in [0.4, 0.5) is 45.5 Å². The lowest BCUT2D eigenvalue weighted by Crippen LogP contribution is -2.06. The standard InChI is InChI=1S/C46H48N4.2C6H5Cl/c1-27-28(2)44-30(4)29(3)43(27)47-39-17-9-35(10-18-39)25-37-13-21-41(22-14-37)49-45-31(5)33(7)46(34(8)32(45)6)50-42-23-15-38(16-24-42)26-36-11-19-40(48-44)20-12-36;2*7-6-4-2-1-3-5-6/h9-24,47-50H,25-26H2,1-8H3;2*1-5H. The van der Waals surface area contributed by atoms with E-state index < -0.39 is 0 Å². The van der Waals surface area contributed by atoms with Crippen LogP contribution in [-0.4, -0.2) is 0 Å². The topological polar surface area (TPSA) is 48.1 Å². The lowest BCUT2D eigenvalue weighted by Gasteiger charge is -2.23. The third kappa shape index (κ3) is 11.2. The van der Waals surface area contributed by atoms with E-state index in [2.05, 4.69) is 174 Å². The highest BCUT2D eigenvalue weighted by Crippen LogP contribution is 2.39. The molecule has 4 N–H and O–H groups in total. The molecule has 12 bridgehead atoms. The maximum atomic E-state index is 5.54. The van der Waals surface area contributed by atoms with Crippen molar-refractivity contribution in [3.05, 3.63) is 235 Å². The Labute approximate surface area is 390 Å². The molecule has 6 heteroatoms. The summed E-state index contributed by atoms with van der Waals surface area (Å²) in [6.45, 7) is 17.7. The zero-order valence-corrected chi connectivity index (χ0v) is 39.7. The molecule has 0 aliphatic carbocycles. The zero-order valence-electron chi connectivity index (χ0n) is 38.2. The summed E-state index contributed by atoms with van der Waals surface area (Å²) in [6.07, 6.45) is 1.77. The first-order chi connectivity index (χ1) is 30.8. The summed E-state index contributed by atoms with van der Waals surface area (Å²) in [6, 6.07) is 54.4. The minimum Gasteiger partial charge on any atom is -0.355 e. The SMILES string of the molecule is Cc1c(C)c2c(C)c(C)c1Nc1ccc(cc1)Cc1ccc(cc1)Nc1c(C)c(C)c(c(C)c1C)Nc1ccc(cc1)Cc1ccc(cc1)N2.Clc1ccccc1.Clc1ccccc1. The molecule has 0 aromatic heterocycles. The molecule has 16 aliphatic heterocycles. The molecule has 0 spiro atoms. The minimum absolute atomic E-state index is 0.794. The third-order valence-corrected chi connectivity index (χ3v) is 12.9. The van der Waals surface area contributed by atoms with Crippen molar-refractivity contribution in [1.82, 2.24) is 0 Å². The predicted molar refractivity (Wildman–Crippen MR) is 278 cm³/mol. The normalized spacial score (nSPS) is 11.7. The maximum absolute atomic E-state index is 5.54. The number of benzene rings is 8. The number of hydrogen-bond donors (Lipinski definition) is 4. The number of anilines is 8. The summed E-state index contributed by atoms with van der Waals surface area (Å²) in [7, 11) is 0. The van der Waals surface area contributed by atoms with Gasteiger partial charge in [-0.15, -0.1) is 0 Å². The van der Waals surface area contributed by atoms with Crippen LogP contribution in [0.15, 0.2) is 158 Å². The van der Waals surface area contributed by atoms with Gasteiger partial charge < -0.3 is 21.3 Å². The number of rotatable bonds is 0. The molecule has 16 heterocycles. The molecule has 0 saturated heterocycles. The molecule has 8 aromatic rings. The average molecular weight is 882 g/mol. The second-order valence-corrected chi connectivity index (χ2v) is 17.6. The first-order valence-electron chi connectivity index (χ1n) is 21.9. The Morgan fingerprint density at radius 1 is 0.266 bits per heavy atom. The smallest absolute Gasteiger partial charge is 0.0450 e. The van der Waals surface area contributed by atoms with Crippen LogP contribution in [0.5, 0.6) is 0 Å². The Hall–Kier alpha value is -6.46. The van der Waals surface area contributed by atoms with Crippen molar-refractivity contribution in [1.29, 1.82) is 0 Å². The van der Waals surface area contributed by atoms with Crippen LogP contribution in [0.1, 0.15) is 66.8 Å². The fraction of sp³-hybridized carbons (Fsp3) is 0.172. The predicted octanol–water partition coefficient (Wildman–Crippen LogP) is 17.3. The monoisotopic (exact) mass is 880 g/mol. The summed E-state index contributed by atoms with van der Waals surface area (Å²) in [5.74, 6) is 0. The fourth-order valence-corrected chi connectivity index (χ4v) is 8.37. The molecule has 0 radical (unpaired) electrons. The molecule has 24 rings (SSSR count). The van der Waals surface area contributed by atoms with Gasteiger partial charge in [0.1, 0.15) is 0 Å². The Morgan fingerprint density at radius 3 is 0.609 bits per heavy atom. The number of hydrogen-bond acceptors (Lipinski definition) is 4. The van der Waals surface area contributed by atoms with E-state index in [9.17, 15) is 0 Å². The third-order valence-electron chi connectivity index (χ3n) is 12.4. The van der Waals surface area contributed by atoms with E-state index in [0.29, 0.717) is 0 Å². The van der Waals surface area contributed by atoms with E-state index >= 15 is 0 Å². The van der Waals surface area contributed by atoms with Gasteiger partial charge in [0.25, 0.3) is 0 Å². The van der Waals surface area contributed by atoms with E-state index in [4.69, 9.17) is 23.2 Å². The zero-order chi connectivity index (χ0) is 45.3. The summed E-state index contributed by atoms with van der Waals surface area (Å²) in [4.78, 5) is 0. The van der Waals surface area contributed by atoms with Crippen LogP contribution in [0.2, 0.25) is 10.0 Å². The van der Waals surface area contributed by atoms with Gasteiger partial charge in [-0.1, -0.05) is 108 Å². The molecule has 0 amide bonds. The van der Waals surface area contributed by atoms with E-state index in [1.165, 1.54) is 89.5 Å². The highest BCUT2D eigenvalue weighted by atomic mass is 35.5. The van der Waals surface area contributed by atoms with E-state index in [1.54, 1.807) is 0 Å². The van der Waals surface area contributed by atoms with Crippen LogP contribution >= 0.6 is 23.2 Å². The van der Waals surface area contributed by atoms with Crippen LogP contribution < -0.4 is 21.3 Å². The van der Waals surface area contributed by atoms with Gasteiger partial charge in [0.2, 0.25) is 0 Å². The summed E-state index contributed by atoms with van der Waals surface area (Å²) in [5, 5.41) is 16.6. The number of nitrogens with one attached hydrogen (secondary N) is 4. The van der Waals surface area contributed by atoms with Crippen molar-refractivity contribution in [3.63, 3.8) is 0 Å². The first kappa shape index (κ1) is 45.6. The molecule has 0 atom stereocenters. The van der Waals surface area contributed by atoms with Gasteiger partial charge in [-0.3, -0.25) is 0 Å².